The first-order valence-electron chi connectivity index (χ1n) is 4.11. The summed E-state index contributed by atoms with van der Waals surface area (Å²) in [6, 6.07) is 3.89. The van der Waals surface area contributed by atoms with Crippen molar-refractivity contribution in [2.45, 2.75) is 19.4 Å². The van der Waals surface area contributed by atoms with E-state index >= 15 is 0 Å². The van der Waals surface area contributed by atoms with Crippen LogP contribution in [0.25, 0.3) is 0 Å². The molecular formula is C10H14BrClN2. The summed E-state index contributed by atoms with van der Waals surface area (Å²) in [7, 11) is 0. The van der Waals surface area contributed by atoms with Gasteiger partial charge in [0, 0.05) is 12.2 Å². The number of hydrogen-bond donors (Lipinski definition) is 1. The number of hydrogen-bond acceptors (Lipinski definition) is 2. The van der Waals surface area contributed by atoms with Crippen molar-refractivity contribution in [2.75, 3.05) is 0 Å². The molecule has 0 aromatic carbocycles. The van der Waals surface area contributed by atoms with E-state index in [-0.39, 0.29) is 18.4 Å². The number of halogens is 2. The molecule has 1 aromatic rings. The van der Waals surface area contributed by atoms with Crippen molar-refractivity contribution < 1.29 is 0 Å². The zero-order chi connectivity index (χ0) is 9.84. The molecule has 0 aliphatic rings. The average Bonchev–Trinajstić information content (AvgIpc) is 2.03. The number of nitrogens with zero attached hydrogens (tertiary/aromatic N) is 1. The molecule has 0 radical (unpaired) electrons. The molecule has 2 nitrogen and oxygen atoms in total. The first kappa shape index (κ1) is 13.6. The van der Waals surface area contributed by atoms with Crippen molar-refractivity contribution in [1.82, 2.24) is 4.98 Å². The van der Waals surface area contributed by atoms with Gasteiger partial charge in [-0.1, -0.05) is 5.57 Å². The van der Waals surface area contributed by atoms with Crippen LogP contribution in [-0.4, -0.2) is 4.98 Å². The molecule has 0 aliphatic carbocycles. The molecule has 0 saturated carbocycles. The van der Waals surface area contributed by atoms with Gasteiger partial charge in [0.2, 0.25) is 0 Å². The fourth-order valence-electron chi connectivity index (χ4n) is 1.14. The van der Waals surface area contributed by atoms with Crippen LogP contribution in [0.3, 0.4) is 0 Å². The lowest BCUT2D eigenvalue weighted by atomic mass is 10.0. The molecule has 2 N–H and O–H groups in total. The fourth-order valence-corrected chi connectivity index (χ4v) is 1.52. The highest BCUT2D eigenvalue weighted by atomic mass is 79.9. The third kappa shape index (κ3) is 4.22. The molecule has 78 valence electrons. The van der Waals surface area contributed by atoms with E-state index in [9.17, 15) is 0 Å². The smallest absolute Gasteiger partial charge is 0.106 e. The topological polar surface area (TPSA) is 38.9 Å². The lowest BCUT2D eigenvalue weighted by Crippen LogP contribution is -2.10. The first-order valence-corrected chi connectivity index (χ1v) is 4.90. The van der Waals surface area contributed by atoms with Gasteiger partial charge in [-0.05, 0) is 47.0 Å². The number of rotatable bonds is 3. The van der Waals surface area contributed by atoms with Crippen LogP contribution in [0.2, 0.25) is 0 Å². The highest BCUT2D eigenvalue weighted by Gasteiger charge is 2.05. The van der Waals surface area contributed by atoms with E-state index in [1.165, 1.54) is 0 Å². The van der Waals surface area contributed by atoms with E-state index in [1.54, 1.807) is 6.20 Å². The molecule has 0 aliphatic heterocycles. The summed E-state index contributed by atoms with van der Waals surface area (Å²) in [6.07, 6.45) is 2.56. The molecule has 0 fully saturated rings. The Morgan fingerprint density at radius 3 is 2.86 bits per heavy atom. The van der Waals surface area contributed by atoms with Crippen LogP contribution in [0, 0.1) is 0 Å². The fraction of sp³-hybridized carbons (Fsp3) is 0.300. The highest BCUT2D eigenvalue weighted by molar-refractivity contribution is 9.10. The summed E-state index contributed by atoms with van der Waals surface area (Å²) in [5.74, 6) is 0. The maximum atomic E-state index is 5.96. The number of aromatic nitrogens is 1. The Balaban J connectivity index is 0.00000169. The van der Waals surface area contributed by atoms with Crippen molar-refractivity contribution in [1.29, 1.82) is 0 Å². The maximum absolute atomic E-state index is 5.96. The van der Waals surface area contributed by atoms with Crippen molar-refractivity contribution in [3.63, 3.8) is 0 Å². The van der Waals surface area contributed by atoms with Gasteiger partial charge in [0.15, 0.2) is 0 Å². The predicted octanol–water partition coefficient (Wildman–Crippen LogP) is 3.23. The van der Waals surface area contributed by atoms with E-state index < -0.39 is 0 Å². The SMILES string of the molecule is C=C(C)C[C@@H](N)c1ccnc(Br)c1.Cl. The molecule has 1 atom stereocenters. The van der Waals surface area contributed by atoms with Crippen molar-refractivity contribution in [3.8, 4) is 0 Å². The van der Waals surface area contributed by atoms with Crippen LogP contribution in [0.15, 0.2) is 35.1 Å². The van der Waals surface area contributed by atoms with Gasteiger partial charge in [-0.3, -0.25) is 0 Å². The van der Waals surface area contributed by atoms with Gasteiger partial charge in [-0.2, -0.15) is 0 Å². The van der Waals surface area contributed by atoms with E-state index in [4.69, 9.17) is 5.73 Å². The zero-order valence-corrected chi connectivity index (χ0v) is 10.4. The lowest BCUT2D eigenvalue weighted by molar-refractivity contribution is 0.715. The zero-order valence-electron chi connectivity index (χ0n) is 8.03. The van der Waals surface area contributed by atoms with Gasteiger partial charge in [-0.15, -0.1) is 19.0 Å². The molecule has 0 spiro atoms. The van der Waals surface area contributed by atoms with Crippen molar-refractivity contribution in [3.05, 3.63) is 40.6 Å². The standard InChI is InChI=1S/C10H13BrN2.ClH/c1-7(2)5-9(12)8-3-4-13-10(11)6-8;/h3-4,6,9H,1,5,12H2,2H3;1H/t9-;/m1./s1. The molecule has 0 bridgehead atoms. The van der Waals surface area contributed by atoms with Crippen LogP contribution in [0.4, 0.5) is 0 Å². The maximum Gasteiger partial charge on any atom is 0.106 e. The second-order valence-corrected chi connectivity index (χ2v) is 3.99. The minimum atomic E-state index is 0. The van der Waals surface area contributed by atoms with Crippen LogP contribution in [0.1, 0.15) is 24.9 Å². The second kappa shape index (κ2) is 6.17. The molecule has 1 aromatic heterocycles. The summed E-state index contributed by atoms with van der Waals surface area (Å²) >= 11 is 3.31. The quantitative estimate of drug-likeness (QED) is 0.680. The predicted molar refractivity (Wildman–Crippen MR) is 65.5 cm³/mol. The summed E-state index contributed by atoms with van der Waals surface area (Å²) in [4.78, 5) is 4.04. The number of nitrogens with two attached hydrogens (primary N) is 1. The van der Waals surface area contributed by atoms with Crippen molar-refractivity contribution >= 4 is 28.3 Å². The van der Waals surface area contributed by atoms with E-state index in [0.717, 1.165) is 22.2 Å². The Bertz CT molecular complexity index is 315. The molecule has 0 amide bonds. The van der Waals surface area contributed by atoms with Gasteiger partial charge in [0.1, 0.15) is 4.60 Å². The molecule has 1 heterocycles. The Morgan fingerprint density at radius 2 is 2.36 bits per heavy atom. The lowest BCUT2D eigenvalue weighted by Gasteiger charge is -2.11. The Labute approximate surface area is 99.1 Å². The van der Waals surface area contributed by atoms with Crippen LogP contribution < -0.4 is 5.73 Å². The summed E-state index contributed by atoms with van der Waals surface area (Å²) < 4.78 is 0.821. The van der Waals surface area contributed by atoms with E-state index in [1.807, 2.05) is 19.1 Å². The Morgan fingerprint density at radius 1 is 1.71 bits per heavy atom. The molecule has 1 rings (SSSR count). The van der Waals surface area contributed by atoms with Gasteiger partial charge >= 0.3 is 0 Å². The summed E-state index contributed by atoms with van der Waals surface area (Å²) in [6.45, 7) is 5.82. The third-order valence-electron chi connectivity index (χ3n) is 1.75. The van der Waals surface area contributed by atoms with Crippen molar-refractivity contribution in [2.24, 2.45) is 5.73 Å². The van der Waals surface area contributed by atoms with E-state index in [2.05, 4.69) is 27.5 Å². The van der Waals surface area contributed by atoms with Gasteiger partial charge in [0.05, 0.1) is 0 Å². The second-order valence-electron chi connectivity index (χ2n) is 3.18. The summed E-state index contributed by atoms with van der Waals surface area (Å²) in [5.41, 5.74) is 8.14. The van der Waals surface area contributed by atoms with Gasteiger partial charge < -0.3 is 5.73 Å². The van der Waals surface area contributed by atoms with Gasteiger partial charge in [-0.25, -0.2) is 4.98 Å². The van der Waals surface area contributed by atoms with Crippen LogP contribution in [-0.2, 0) is 0 Å². The molecule has 14 heavy (non-hydrogen) atoms. The largest absolute Gasteiger partial charge is 0.324 e. The molecular weight excluding hydrogens is 263 g/mol. The number of pyridine rings is 1. The Kier molecular flexibility index (Phi) is 6.00. The normalized spacial score (nSPS) is 11.6. The van der Waals surface area contributed by atoms with Crippen LogP contribution >= 0.6 is 28.3 Å². The minimum Gasteiger partial charge on any atom is -0.324 e. The third-order valence-corrected chi connectivity index (χ3v) is 2.18. The van der Waals surface area contributed by atoms with Gasteiger partial charge in [0.25, 0.3) is 0 Å². The molecule has 4 heteroatoms. The monoisotopic (exact) mass is 276 g/mol. The highest BCUT2D eigenvalue weighted by Crippen LogP contribution is 2.19. The summed E-state index contributed by atoms with van der Waals surface area (Å²) in [5, 5.41) is 0. The molecule has 0 saturated heterocycles. The Hall–Kier alpha value is -0.380. The van der Waals surface area contributed by atoms with Crippen LogP contribution in [0.5, 0.6) is 0 Å². The first-order chi connectivity index (χ1) is 6.09. The average molecular weight is 278 g/mol. The molecule has 0 unspecified atom stereocenters. The minimum absolute atomic E-state index is 0. The van der Waals surface area contributed by atoms with E-state index in [0.29, 0.717) is 0 Å².